The van der Waals surface area contributed by atoms with Crippen molar-refractivity contribution < 1.29 is 4.52 Å². The number of imidazole rings is 1. The van der Waals surface area contributed by atoms with Gasteiger partial charge in [0.05, 0.1) is 12.6 Å². The lowest BCUT2D eigenvalue weighted by Gasteiger charge is -2.00. The predicted octanol–water partition coefficient (Wildman–Crippen LogP) is 4.13. The van der Waals surface area contributed by atoms with E-state index >= 15 is 0 Å². The van der Waals surface area contributed by atoms with Gasteiger partial charge in [-0.25, -0.2) is 4.98 Å². The summed E-state index contributed by atoms with van der Waals surface area (Å²) in [6.45, 7) is 0. The molecule has 0 bridgehead atoms. The summed E-state index contributed by atoms with van der Waals surface area (Å²) in [6.07, 6.45) is 4.31. The van der Waals surface area contributed by atoms with Gasteiger partial charge in [-0.05, 0) is 28.5 Å². The number of pyridine rings is 1. The lowest BCUT2D eigenvalue weighted by Crippen LogP contribution is -1.91. The first kappa shape index (κ1) is 13.9. The van der Waals surface area contributed by atoms with Crippen molar-refractivity contribution in [2.24, 2.45) is 0 Å². The van der Waals surface area contributed by atoms with E-state index < -0.39 is 0 Å². The average molecular weight is 326 g/mol. The number of hydrogen-bond donors (Lipinski definition) is 0. The Morgan fingerprint density at radius 1 is 0.920 bits per heavy atom. The molecule has 0 atom stereocenters. The molecule has 5 heteroatoms. The van der Waals surface area contributed by atoms with Gasteiger partial charge in [0.15, 0.2) is 0 Å². The first-order valence-electron chi connectivity index (χ1n) is 8.09. The van der Waals surface area contributed by atoms with Crippen molar-refractivity contribution in [1.82, 2.24) is 19.5 Å². The SMILES string of the molecule is c1ccc2cc(Cc3nc(-c4cnc5ccccn45)no3)ccc2c1. The second-order valence-electron chi connectivity index (χ2n) is 5.94. The Hall–Kier alpha value is -3.47. The monoisotopic (exact) mass is 326 g/mol. The summed E-state index contributed by atoms with van der Waals surface area (Å²) in [6, 6.07) is 20.5. The van der Waals surface area contributed by atoms with Crippen LogP contribution in [-0.2, 0) is 6.42 Å². The zero-order valence-electron chi connectivity index (χ0n) is 13.3. The molecule has 120 valence electrons. The van der Waals surface area contributed by atoms with E-state index in [9.17, 15) is 0 Å². The minimum atomic E-state index is 0.550. The molecule has 3 aromatic heterocycles. The predicted molar refractivity (Wildman–Crippen MR) is 95.2 cm³/mol. The van der Waals surface area contributed by atoms with Crippen molar-refractivity contribution in [3.8, 4) is 11.5 Å². The van der Waals surface area contributed by atoms with Crippen LogP contribution < -0.4 is 0 Å². The van der Waals surface area contributed by atoms with Gasteiger partial charge < -0.3 is 4.52 Å². The quantitative estimate of drug-likeness (QED) is 0.500. The molecule has 0 unspecified atom stereocenters. The summed E-state index contributed by atoms with van der Waals surface area (Å²) in [5.41, 5.74) is 2.83. The van der Waals surface area contributed by atoms with E-state index in [0.29, 0.717) is 18.1 Å². The van der Waals surface area contributed by atoms with E-state index in [1.807, 2.05) is 40.9 Å². The third-order valence-corrected chi connectivity index (χ3v) is 4.28. The highest BCUT2D eigenvalue weighted by Crippen LogP contribution is 2.20. The molecule has 0 radical (unpaired) electrons. The van der Waals surface area contributed by atoms with Gasteiger partial charge in [0.2, 0.25) is 11.7 Å². The van der Waals surface area contributed by atoms with Crippen molar-refractivity contribution >= 4 is 16.4 Å². The maximum atomic E-state index is 5.45. The molecule has 25 heavy (non-hydrogen) atoms. The highest BCUT2D eigenvalue weighted by Gasteiger charge is 2.13. The highest BCUT2D eigenvalue weighted by molar-refractivity contribution is 5.83. The molecule has 0 spiro atoms. The second kappa shape index (κ2) is 5.56. The maximum absolute atomic E-state index is 5.45. The molecular formula is C20H14N4O. The van der Waals surface area contributed by atoms with Crippen molar-refractivity contribution in [3.63, 3.8) is 0 Å². The number of hydrogen-bond acceptors (Lipinski definition) is 4. The van der Waals surface area contributed by atoms with Crippen molar-refractivity contribution in [2.75, 3.05) is 0 Å². The van der Waals surface area contributed by atoms with Crippen LogP contribution in [0.5, 0.6) is 0 Å². The Labute approximate surface area is 143 Å². The standard InChI is InChI=1S/C20H14N4O/c1-2-6-16-11-14(8-9-15(16)5-1)12-19-22-20(23-25-19)17-13-21-18-7-3-4-10-24(17)18/h1-11,13H,12H2. The summed E-state index contributed by atoms with van der Waals surface area (Å²) in [7, 11) is 0. The number of aromatic nitrogens is 4. The molecule has 2 aromatic carbocycles. The van der Waals surface area contributed by atoms with Gasteiger partial charge in [-0.3, -0.25) is 4.40 Å². The van der Waals surface area contributed by atoms with Gasteiger partial charge in [0.1, 0.15) is 11.3 Å². The van der Waals surface area contributed by atoms with Crippen molar-refractivity contribution in [2.45, 2.75) is 6.42 Å². The molecule has 0 aliphatic carbocycles. The van der Waals surface area contributed by atoms with E-state index in [4.69, 9.17) is 4.52 Å². The third kappa shape index (κ3) is 2.46. The summed E-state index contributed by atoms with van der Waals surface area (Å²) < 4.78 is 7.40. The topological polar surface area (TPSA) is 56.2 Å². The van der Waals surface area contributed by atoms with Crippen LogP contribution in [0.1, 0.15) is 11.5 Å². The van der Waals surface area contributed by atoms with Gasteiger partial charge in [0, 0.05) is 6.20 Å². The fourth-order valence-corrected chi connectivity index (χ4v) is 3.05. The third-order valence-electron chi connectivity index (χ3n) is 4.28. The lowest BCUT2D eigenvalue weighted by molar-refractivity contribution is 0.385. The van der Waals surface area contributed by atoms with Gasteiger partial charge in [-0.15, -0.1) is 0 Å². The minimum absolute atomic E-state index is 0.550. The summed E-state index contributed by atoms with van der Waals surface area (Å²) in [4.78, 5) is 8.90. The fourth-order valence-electron chi connectivity index (χ4n) is 3.05. The first-order chi connectivity index (χ1) is 12.4. The number of benzene rings is 2. The molecule has 3 heterocycles. The molecule has 5 nitrogen and oxygen atoms in total. The minimum Gasteiger partial charge on any atom is -0.339 e. The van der Waals surface area contributed by atoms with E-state index in [2.05, 4.69) is 45.5 Å². The number of rotatable bonds is 3. The molecule has 0 saturated heterocycles. The maximum Gasteiger partial charge on any atom is 0.231 e. The van der Waals surface area contributed by atoms with E-state index in [1.54, 1.807) is 6.20 Å². The zero-order valence-corrected chi connectivity index (χ0v) is 13.3. The summed E-state index contributed by atoms with van der Waals surface area (Å²) in [5, 5.41) is 6.56. The second-order valence-corrected chi connectivity index (χ2v) is 5.94. The Kier molecular flexibility index (Phi) is 3.10. The fraction of sp³-hybridized carbons (Fsp3) is 0.0500. The van der Waals surface area contributed by atoms with Crippen LogP contribution in [0.2, 0.25) is 0 Å². The largest absolute Gasteiger partial charge is 0.339 e. The van der Waals surface area contributed by atoms with E-state index in [-0.39, 0.29) is 0 Å². The van der Waals surface area contributed by atoms with Gasteiger partial charge >= 0.3 is 0 Å². The Morgan fingerprint density at radius 2 is 1.80 bits per heavy atom. The molecule has 0 fully saturated rings. The van der Waals surface area contributed by atoms with Crippen molar-refractivity contribution in [1.29, 1.82) is 0 Å². The van der Waals surface area contributed by atoms with Crippen LogP contribution in [0, 0.1) is 0 Å². The molecule has 0 aliphatic heterocycles. The van der Waals surface area contributed by atoms with Crippen LogP contribution in [0.25, 0.3) is 27.9 Å². The van der Waals surface area contributed by atoms with Crippen LogP contribution in [0.4, 0.5) is 0 Å². The Balaban J connectivity index is 1.47. The number of nitrogens with zero attached hydrogens (tertiary/aromatic N) is 4. The summed E-state index contributed by atoms with van der Waals surface area (Å²) >= 11 is 0. The Bertz CT molecular complexity index is 1190. The van der Waals surface area contributed by atoms with Gasteiger partial charge in [-0.1, -0.05) is 53.7 Å². The molecular weight excluding hydrogens is 312 g/mol. The van der Waals surface area contributed by atoms with E-state index in [0.717, 1.165) is 16.9 Å². The summed E-state index contributed by atoms with van der Waals surface area (Å²) in [5.74, 6) is 1.14. The van der Waals surface area contributed by atoms with Crippen LogP contribution in [0.3, 0.4) is 0 Å². The lowest BCUT2D eigenvalue weighted by atomic mass is 10.1. The Morgan fingerprint density at radius 3 is 2.76 bits per heavy atom. The molecule has 5 rings (SSSR count). The molecule has 0 N–H and O–H groups in total. The van der Waals surface area contributed by atoms with Crippen LogP contribution in [0.15, 0.2) is 77.6 Å². The smallest absolute Gasteiger partial charge is 0.231 e. The van der Waals surface area contributed by atoms with Crippen LogP contribution in [-0.4, -0.2) is 19.5 Å². The normalized spacial score (nSPS) is 11.4. The number of fused-ring (bicyclic) bond motifs is 2. The molecule has 0 aliphatic rings. The molecule has 0 amide bonds. The van der Waals surface area contributed by atoms with Gasteiger partial charge in [0.25, 0.3) is 0 Å². The van der Waals surface area contributed by atoms with Crippen molar-refractivity contribution in [3.05, 3.63) is 84.5 Å². The highest BCUT2D eigenvalue weighted by atomic mass is 16.5. The average Bonchev–Trinajstić information content (AvgIpc) is 3.28. The van der Waals surface area contributed by atoms with Gasteiger partial charge in [-0.2, -0.15) is 4.98 Å². The first-order valence-corrected chi connectivity index (χ1v) is 8.09. The molecule has 0 saturated carbocycles. The van der Waals surface area contributed by atoms with E-state index in [1.165, 1.54) is 10.8 Å². The zero-order chi connectivity index (χ0) is 16.6. The molecule has 5 aromatic rings. The van der Waals surface area contributed by atoms with Crippen LogP contribution >= 0.6 is 0 Å².